The van der Waals surface area contributed by atoms with Crippen LogP contribution in [0, 0.1) is 11.7 Å². The third-order valence-corrected chi connectivity index (χ3v) is 4.34. The van der Waals surface area contributed by atoms with Gasteiger partial charge in [0.15, 0.2) is 0 Å². The van der Waals surface area contributed by atoms with Gasteiger partial charge in [-0.15, -0.1) is 0 Å². The van der Waals surface area contributed by atoms with Gasteiger partial charge >= 0.3 is 0 Å². The Balaban J connectivity index is 2.09. The van der Waals surface area contributed by atoms with Gasteiger partial charge in [0.1, 0.15) is 5.82 Å². The summed E-state index contributed by atoms with van der Waals surface area (Å²) in [5.41, 5.74) is 2.36. The first-order valence-corrected chi connectivity index (χ1v) is 8.17. The van der Waals surface area contributed by atoms with Crippen molar-refractivity contribution in [2.24, 2.45) is 5.92 Å². The second-order valence-corrected chi connectivity index (χ2v) is 6.16. The quantitative estimate of drug-likeness (QED) is 0.770. The Morgan fingerprint density at radius 1 is 1.10 bits per heavy atom. The molecule has 1 atom stereocenters. The number of benzene rings is 2. The number of nitrogens with one attached hydrogen (secondary N) is 1. The Labute approximate surface area is 134 Å². The minimum Gasteiger partial charge on any atom is -0.317 e. The highest BCUT2D eigenvalue weighted by Gasteiger charge is 2.12. The molecule has 0 heterocycles. The standard InChI is InChI=1S/C18H21BrFN/c1-2-21-13-15(10-14-6-5-8-17(20)12-14)11-16-7-3-4-9-18(16)19/h3-9,12,15,21H,2,10-11,13H2,1H3. The van der Waals surface area contributed by atoms with Crippen molar-refractivity contribution in [3.8, 4) is 0 Å². The van der Waals surface area contributed by atoms with E-state index >= 15 is 0 Å². The molecule has 0 aliphatic heterocycles. The first-order chi connectivity index (χ1) is 10.2. The highest BCUT2D eigenvalue weighted by atomic mass is 79.9. The Bertz CT molecular complexity index is 571. The number of hydrogen-bond donors (Lipinski definition) is 1. The van der Waals surface area contributed by atoms with E-state index in [2.05, 4.69) is 46.4 Å². The minimum atomic E-state index is -0.157. The second-order valence-electron chi connectivity index (χ2n) is 5.30. The highest BCUT2D eigenvalue weighted by Crippen LogP contribution is 2.21. The number of halogens is 2. The Kier molecular flexibility index (Phi) is 6.40. The summed E-state index contributed by atoms with van der Waals surface area (Å²) in [4.78, 5) is 0. The molecule has 1 N–H and O–H groups in total. The van der Waals surface area contributed by atoms with Gasteiger partial charge in [-0.1, -0.05) is 53.2 Å². The van der Waals surface area contributed by atoms with Gasteiger partial charge in [0, 0.05) is 4.47 Å². The van der Waals surface area contributed by atoms with Crippen LogP contribution in [0.15, 0.2) is 53.0 Å². The van der Waals surface area contributed by atoms with Crippen molar-refractivity contribution in [3.63, 3.8) is 0 Å². The van der Waals surface area contributed by atoms with Crippen molar-refractivity contribution >= 4 is 15.9 Å². The molecule has 0 aliphatic carbocycles. The van der Waals surface area contributed by atoms with Crippen molar-refractivity contribution in [3.05, 3.63) is 69.9 Å². The first-order valence-electron chi connectivity index (χ1n) is 7.37. The van der Waals surface area contributed by atoms with Crippen molar-refractivity contribution in [1.29, 1.82) is 0 Å². The molecule has 0 amide bonds. The summed E-state index contributed by atoms with van der Waals surface area (Å²) in [5.74, 6) is 0.293. The molecule has 0 saturated heterocycles. The molecule has 1 nitrogen and oxygen atoms in total. The molecule has 0 spiro atoms. The molecule has 0 radical (unpaired) electrons. The first kappa shape index (κ1) is 16.2. The normalized spacial score (nSPS) is 12.3. The molecule has 1 unspecified atom stereocenters. The van der Waals surface area contributed by atoms with Gasteiger partial charge in [0.2, 0.25) is 0 Å². The lowest BCUT2D eigenvalue weighted by Gasteiger charge is -2.18. The summed E-state index contributed by atoms with van der Waals surface area (Å²) >= 11 is 3.61. The fourth-order valence-electron chi connectivity index (χ4n) is 2.54. The second kappa shape index (κ2) is 8.30. The van der Waals surface area contributed by atoms with Crippen LogP contribution < -0.4 is 5.32 Å². The topological polar surface area (TPSA) is 12.0 Å². The van der Waals surface area contributed by atoms with E-state index in [1.54, 1.807) is 12.1 Å². The average molecular weight is 350 g/mol. The smallest absolute Gasteiger partial charge is 0.123 e. The molecule has 0 bridgehead atoms. The van der Waals surface area contributed by atoms with E-state index in [0.717, 1.165) is 36.0 Å². The molecule has 2 aromatic carbocycles. The van der Waals surface area contributed by atoms with Gasteiger partial charge in [0.05, 0.1) is 0 Å². The van der Waals surface area contributed by atoms with Gasteiger partial charge in [-0.2, -0.15) is 0 Å². The van der Waals surface area contributed by atoms with Crippen molar-refractivity contribution in [2.45, 2.75) is 19.8 Å². The lowest BCUT2D eigenvalue weighted by molar-refractivity contribution is 0.476. The fourth-order valence-corrected chi connectivity index (χ4v) is 2.98. The van der Waals surface area contributed by atoms with Crippen LogP contribution in [0.3, 0.4) is 0 Å². The van der Waals surface area contributed by atoms with Gasteiger partial charge in [-0.3, -0.25) is 0 Å². The van der Waals surface area contributed by atoms with Crippen LogP contribution in [-0.4, -0.2) is 13.1 Å². The Morgan fingerprint density at radius 2 is 1.90 bits per heavy atom. The summed E-state index contributed by atoms with van der Waals surface area (Å²) < 4.78 is 14.5. The third kappa shape index (κ3) is 5.25. The van der Waals surface area contributed by atoms with Crippen LogP contribution in [0.2, 0.25) is 0 Å². The maximum absolute atomic E-state index is 13.3. The molecular weight excluding hydrogens is 329 g/mol. The summed E-state index contributed by atoms with van der Waals surface area (Å²) in [7, 11) is 0. The molecule has 21 heavy (non-hydrogen) atoms. The van der Waals surface area contributed by atoms with E-state index in [1.165, 1.54) is 11.6 Å². The van der Waals surface area contributed by atoms with E-state index in [0.29, 0.717) is 5.92 Å². The molecule has 0 aromatic heterocycles. The summed E-state index contributed by atoms with van der Waals surface area (Å²) in [6.45, 7) is 4.00. The lowest BCUT2D eigenvalue weighted by Crippen LogP contribution is -2.25. The SMILES string of the molecule is CCNCC(Cc1cccc(F)c1)Cc1ccccc1Br. The van der Waals surface area contributed by atoms with Crippen LogP contribution >= 0.6 is 15.9 Å². The van der Waals surface area contributed by atoms with Crippen LogP contribution in [0.5, 0.6) is 0 Å². The zero-order valence-corrected chi connectivity index (χ0v) is 13.9. The zero-order chi connectivity index (χ0) is 15.1. The Morgan fingerprint density at radius 3 is 2.62 bits per heavy atom. The summed E-state index contributed by atoms with van der Waals surface area (Å²) in [6, 6.07) is 15.2. The van der Waals surface area contributed by atoms with Crippen LogP contribution in [0.4, 0.5) is 4.39 Å². The molecule has 3 heteroatoms. The fraction of sp³-hybridized carbons (Fsp3) is 0.333. The molecule has 2 aromatic rings. The predicted octanol–water partition coefficient (Wildman–Crippen LogP) is 4.60. The third-order valence-electron chi connectivity index (χ3n) is 3.56. The van der Waals surface area contributed by atoms with Gasteiger partial charge < -0.3 is 5.32 Å². The van der Waals surface area contributed by atoms with Crippen LogP contribution in [-0.2, 0) is 12.8 Å². The molecule has 2 rings (SSSR count). The van der Waals surface area contributed by atoms with E-state index < -0.39 is 0 Å². The lowest BCUT2D eigenvalue weighted by atomic mass is 9.92. The summed E-state index contributed by atoms with van der Waals surface area (Å²) in [6.07, 6.45) is 1.86. The van der Waals surface area contributed by atoms with E-state index in [9.17, 15) is 4.39 Å². The highest BCUT2D eigenvalue weighted by molar-refractivity contribution is 9.10. The van der Waals surface area contributed by atoms with Gasteiger partial charge in [0.25, 0.3) is 0 Å². The number of rotatable bonds is 7. The largest absolute Gasteiger partial charge is 0.317 e. The summed E-state index contributed by atoms with van der Waals surface area (Å²) in [5, 5.41) is 3.41. The van der Waals surface area contributed by atoms with Crippen LogP contribution in [0.1, 0.15) is 18.1 Å². The van der Waals surface area contributed by atoms with Crippen molar-refractivity contribution in [2.75, 3.05) is 13.1 Å². The predicted molar refractivity (Wildman–Crippen MR) is 90.0 cm³/mol. The molecule has 112 valence electrons. The minimum absolute atomic E-state index is 0.157. The molecular formula is C18H21BrFN. The molecule has 0 aliphatic rings. The molecule has 0 saturated carbocycles. The van der Waals surface area contributed by atoms with E-state index in [-0.39, 0.29) is 5.82 Å². The zero-order valence-electron chi connectivity index (χ0n) is 12.3. The number of hydrogen-bond acceptors (Lipinski definition) is 1. The maximum atomic E-state index is 13.3. The van der Waals surface area contributed by atoms with E-state index in [4.69, 9.17) is 0 Å². The monoisotopic (exact) mass is 349 g/mol. The Hall–Kier alpha value is -1.19. The van der Waals surface area contributed by atoms with E-state index in [1.807, 2.05) is 12.1 Å². The maximum Gasteiger partial charge on any atom is 0.123 e. The van der Waals surface area contributed by atoms with Crippen LogP contribution in [0.25, 0.3) is 0 Å². The van der Waals surface area contributed by atoms with Gasteiger partial charge in [-0.25, -0.2) is 4.39 Å². The van der Waals surface area contributed by atoms with Crippen molar-refractivity contribution in [1.82, 2.24) is 5.32 Å². The average Bonchev–Trinajstić information content (AvgIpc) is 2.47. The molecule has 0 fully saturated rings. The van der Waals surface area contributed by atoms with Gasteiger partial charge in [-0.05, 0) is 61.2 Å². The van der Waals surface area contributed by atoms with Crippen molar-refractivity contribution < 1.29 is 4.39 Å².